The predicted octanol–water partition coefficient (Wildman–Crippen LogP) is 5.62. The standard InChI is InChI=1S/C26H24N2O4/c29-21-8-3-7-19(27-18-12-11-16-5-1-2-6-17(16)15-18)25(21)23(31)14-13-20-26-22(30)9-4-10-24(26)32-28-20/h1-2,5-6,11-12,15,31H,3-4,7-10,13-14H2. The van der Waals surface area contributed by atoms with E-state index >= 15 is 0 Å². The summed E-state index contributed by atoms with van der Waals surface area (Å²) < 4.78 is 5.33. The van der Waals surface area contributed by atoms with Crippen LogP contribution >= 0.6 is 0 Å². The first kappa shape index (κ1) is 20.4. The molecule has 32 heavy (non-hydrogen) atoms. The number of aromatic nitrogens is 1. The van der Waals surface area contributed by atoms with Crippen molar-refractivity contribution in [3.63, 3.8) is 0 Å². The molecular formula is C26H24N2O4. The lowest BCUT2D eigenvalue weighted by Crippen LogP contribution is -2.21. The van der Waals surface area contributed by atoms with E-state index in [-0.39, 0.29) is 23.7 Å². The second-order valence-corrected chi connectivity index (χ2v) is 8.39. The molecule has 6 heteroatoms. The van der Waals surface area contributed by atoms with Crippen molar-refractivity contribution in [3.8, 4) is 0 Å². The number of rotatable bonds is 4. The Hall–Kier alpha value is -3.54. The third kappa shape index (κ3) is 3.88. The van der Waals surface area contributed by atoms with Gasteiger partial charge in [0.15, 0.2) is 11.6 Å². The number of nitrogens with zero attached hydrogens (tertiary/aromatic N) is 2. The van der Waals surface area contributed by atoms with Crippen molar-refractivity contribution in [2.45, 2.75) is 51.4 Å². The summed E-state index contributed by atoms with van der Waals surface area (Å²) in [7, 11) is 0. The Balaban J connectivity index is 1.43. The number of carbonyl (C=O) groups excluding carboxylic acids is 2. The fraction of sp³-hybridized carbons (Fsp3) is 0.308. The van der Waals surface area contributed by atoms with E-state index in [2.05, 4.69) is 5.16 Å². The van der Waals surface area contributed by atoms with Crippen LogP contribution in [-0.4, -0.2) is 27.5 Å². The van der Waals surface area contributed by atoms with Crippen molar-refractivity contribution < 1.29 is 19.2 Å². The van der Waals surface area contributed by atoms with Crippen molar-refractivity contribution in [2.75, 3.05) is 0 Å². The van der Waals surface area contributed by atoms with Gasteiger partial charge in [-0.1, -0.05) is 35.5 Å². The van der Waals surface area contributed by atoms with E-state index in [0.717, 1.165) is 22.9 Å². The second kappa shape index (κ2) is 8.54. The molecule has 0 aliphatic heterocycles. The fourth-order valence-electron chi connectivity index (χ4n) is 4.59. The summed E-state index contributed by atoms with van der Waals surface area (Å²) in [4.78, 5) is 29.7. The Bertz CT molecular complexity index is 1280. The average Bonchev–Trinajstić information content (AvgIpc) is 3.22. The van der Waals surface area contributed by atoms with Gasteiger partial charge in [-0.2, -0.15) is 0 Å². The van der Waals surface area contributed by atoms with Gasteiger partial charge in [0.2, 0.25) is 0 Å². The Morgan fingerprint density at radius 1 is 0.969 bits per heavy atom. The minimum Gasteiger partial charge on any atom is -0.511 e. The quantitative estimate of drug-likeness (QED) is 0.430. The molecule has 1 saturated carbocycles. The highest BCUT2D eigenvalue weighted by atomic mass is 16.5. The number of aliphatic imine (C=N–C) groups is 1. The number of hydrogen-bond acceptors (Lipinski definition) is 6. The van der Waals surface area contributed by atoms with Crippen molar-refractivity contribution in [1.29, 1.82) is 0 Å². The van der Waals surface area contributed by atoms with Gasteiger partial charge in [0.25, 0.3) is 0 Å². The van der Waals surface area contributed by atoms with Crippen LogP contribution in [0.5, 0.6) is 0 Å². The molecule has 2 aliphatic rings. The van der Waals surface area contributed by atoms with Gasteiger partial charge in [-0.3, -0.25) is 14.6 Å². The van der Waals surface area contributed by atoms with Gasteiger partial charge in [-0.25, -0.2) is 0 Å². The molecule has 0 radical (unpaired) electrons. The lowest BCUT2D eigenvalue weighted by molar-refractivity contribution is -0.115. The molecule has 0 atom stereocenters. The van der Waals surface area contributed by atoms with Gasteiger partial charge in [0.05, 0.1) is 28.2 Å². The maximum Gasteiger partial charge on any atom is 0.168 e. The summed E-state index contributed by atoms with van der Waals surface area (Å²) in [6.07, 6.45) is 4.29. The van der Waals surface area contributed by atoms with Crippen molar-refractivity contribution in [1.82, 2.24) is 5.16 Å². The zero-order valence-corrected chi connectivity index (χ0v) is 17.8. The van der Waals surface area contributed by atoms with E-state index in [4.69, 9.17) is 9.52 Å². The third-order valence-corrected chi connectivity index (χ3v) is 6.19. The van der Waals surface area contributed by atoms with E-state index in [1.807, 2.05) is 42.5 Å². The highest BCUT2D eigenvalue weighted by molar-refractivity contribution is 6.24. The molecular weight excluding hydrogens is 404 g/mol. The van der Waals surface area contributed by atoms with Crippen LogP contribution < -0.4 is 0 Å². The molecule has 1 aromatic heterocycles. The number of allylic oxidation sites excluding steroid dienone is 2. The van der Waals surface area contributed by atoms with Crippen LogP contribution in [0.3, 0.4) is 0 Å². The minimum absolute atomic E-state index is 0.00856. The molecule has 5 rings (SSSR count). The molecule has 0 spiro atoms. The number of aryl methyl sites for hydroxylation is 2. The Labute approximate surface area is 185 Å². The maximum absolute atomic E-state index is 12.7. The number of hydrogen-bond donors (Lipinski definition) is 1. The molecule has 1 N–H and O–H groups in total. The van der Waals surface area contributed by atoms with Crippen LogP contribution in [0.2, 0.25) is 0 Å². The van der Waals surface area contributed by atoms with Crippen LogP contribution in [0.4, 0.5) is 5.69 Å². The first-order valence-corrected chi connectivity index (χ1v) is 11.1. The first-order valence-electron chi connectivity index (χ1n) is 11.1. The molecule has 3 aromatic rings. The topological polar surface area (TPSA) is 92.8 Å². The molecule has 0 amide bonds. The van der Waals surface area contributed by atoms with Crippen LogP contribution in [0, 0.1) is 0 Å². The zero-order valence-electron chi connectivity index (χ0n) is 17.8. The van der Waals surface area contributed by atoms with Crippen molar-refractivity contribution >= 4 is 33.7 Å². The number of fused-ring (bicyclic) bond motifs is 2. The summed E-state index contributed by atoms with van der Waals surface area (Å²) in [5.74, 6) is 0.596. The first-order chi connectivity index (χ1) is 15.6. The Morgan fingerprint density at radius 2 is 1.75 bits per heavy atom. The molecule has 6 nitrogen and oxygen atoms in total. The Kier molecular flexibility index (Phi) is 5.43. The van der Waals surface area contributed by atoms with Crippen LogP contribution in [0.25, 0.3) is 10.8 Å². The van der Waals surface area contributed by atoms with Gasteiger partial charge >= 0.3 is 0 Å². The summed E-state index contributed by atoms with van der Waals surface area (Å²) in [6.45, 7) is 0. The van der Waals surface area contributed by atoms with Crippen molar-refractivity contribution in [3.05, 3.63) is 70.8 Å². The van der Waals surface area contributed by atoms with Gasteiger partial charge in [-0.05, 0) is 42.2 Å². The van der Waals surface area contributed by atoms with Crippen LogP contribution in [-0.2, 0) is 17.6 Å². The third-order valence-electron chi connectivity index (χ3n) is 6.19. The SMILES string of the molecule is O=C1CCCC(=Nc2ccc3ccccc3c2)C1=C(O)CCc1noc2c1C(=O)CCC2. The van der Waals surface area contributed by atoms with Crippen LogP contribution in [0.1, 0.15) is 60.3 Å². The predicted molar refractivity (Wildman–Crippen MR) is 122 cm³/mol. The lowest BCUT2D eigenvalue weighted by Gasteiger charge is -2.18. The monoisotopic (exact) mass is 428 g/mol. The summed E-state index contributed by atoms with van der Waals surface area (Å²) >= 11 is 0. The van der Waals surface area contributed by atoms with E-state index in [1.54, 1.807) is 0 Å². The fourth-order valence-corrected chi connectivity index (χ4v) is 4.59. The molecule has 1 heterocycles. The molecule has 0 saturated heterocycles. The highest BCUT2D eigenvalue weighted by Gasteiger charge is 2.28. The number of Topliss-reactive ketones (excluding diaryl/α,β-unsaturated/α-hetero) is 2. The number of carbonyl (C=O) groups is 2. The zero-order chi connectivity index (χ0) is 22.1. The number of benzene rings is 2. The van der Waals surface area contributed by atoms with Crippen molar-refractivity contribution in [2.24, 2.45) is 4.99 Å². The second-order valence-electron chi connectivity index (χ2n) is 8.39. The summed E-state index contributed by atoms with van der Waals surface area (Å²) in [5.41, 5.74) is 2.82. The normalized spacial score (nSPS) is 19.4. The highest BCUT2D eigenvalue weighted by Crippen LogP contribution is 2.29. The van der Waals surface area contributed by atoms with E-state index in [0.29, 0.717) is 66.8 Å². The summed E-state index contributed by atoms with van der Waals surface area (Å²) in [6, 6.07) is 14.0. The largest absolute Gasteiger partial charge is 0.511 e. The van der Waals surface area contributed by atoms with E-state index in [1.165, 1.54) is 0 Å². The molecule has 0 bridgehead atoms. The molecule has 1 fully saturated rings. The number of aliphatic hydroxyl groups is 1. The molecule has 2 aliphatic carbocycles. The molecule has 162 valence electrons. The van der Waals surface area contributed by atoms with E-state index < -0.39 is 0 Å². The molecule has 0 unspecified atom stereocenters. The smallest absolute Gasteiger partial charge is 0.168 e. The van der Waals surface area contributed by atoms with Gasteiger partial charge in [-0.15, -0.1) is 0 Å². The maximum atomic E-state index is 12.7. The summed E-state index contributed by atoms with van der Waals surface area (Å²) in [5, 5.41) is 17.1. The number of ketones is 2. The number of aliphatic hydroxyl groups excluding tert-OH is 1. The van der Waals surface area contributed by atoms with E-state index in [9.17, 15) is 14.7 Å². The van der Waals surface area contributed by atoms with Gasteiger partial charge in [0.1, 0.15) is 11.5 Å². The average molecular weight is 428 g/mol. The lowest BCUT2D eigenvalue weighted by atomic mass is 9.88. The van der Waals surface area contributed by atoms with Gasteiger partial charge < -0.3 is 9.63 Å². The van der Waals surface area contributed by atoms with Crippen LogP contribution in [0.15, 0.2) is 63.3 Å². The Morgan fingerprint density at radius 3 is 2.62 bits per heavy atom. The molecule has 2 aromatic carbocycles. The van der Waals surface area contributed by atoms with Gasteiger partial charge in [0, 0.05) is 32.1 Å². The minimum atomic E-state index is -0.0912.